The van der Waals surface area contributed by atoms with Crippen molar-refractivity contribution in [2.45, 2.75) is 36.8 Å². The minimum atomic E-state index is -0.342. The molecule has 3 heterocycles. The second-order valence-corrected chi connectivity index (χ2v) is 10.2. The number of amides is 1. The van der Waals surface area contributed by atoms with Gasteiger partial charge < -0.3 is 4.90 Å². The first-order chi connectivity index (χ1) is 15.6. The molecule has 0 N–H and O–H groups in total. The first-order valence-corrected chi connectivity index (χ1v) is 12.4. The van der Waals surface area contributed by atoms with Crippen molar-refractivity contribution in [2.75, 3.05) is 6.54 Å². The molecule has 2 aromatic heterocycles. The smallest absolute Gasteiger partial charge is 0.262 e. The monoisotopic (exact) mass is 461 g/mol. The Bertz CT molecular complexity index is 1330. The van der Waals surface area contributed by atoms with Gasteiger partial charge in [0, 0.05) is 18.0 Å². The Morgan fingerprint density at radius 3 is 2.75 bits per heavy atom. The predicted octanol–water partition coefficient (Wildman–Crippen LogP) is 4.57. The molecule has 7 heteroatoms. The quantitative estimate of drug-likeness (QED) is 0.323. The molecule has 1 atom stereocenters. The third kappa shape index (κ3) is 4.10. The summed E-state index contributed by atoms with van der Waals surface area (Å²) in [6.07, 6.45) is 0.906. The van der Waals surface area contributed by atoms with E-state index in [2.05, 4.69) is 11.4 Å². The number of rotatable bonds is 5. The number of hydrogen-bond acceptors (Lipinski definition) is 5. The van der Waals surface area contributed by atoms with E-state index in [1.807, 2.05) is 60.4 Å². The van der Waals surface area contributed by atoms with Crippen molar-refractivity contribution in [2.24, 2.45) is 0 Å². The molecule has 0 aliphatic carbocycles. The van der Waals surface area contributed by atoms with Crippen LogP contribution in [0.3, 0.4) is 0 Å². The van der Waals surface area contributed by atoms with Gasteiger partial charge in [-0.2, -0.15) is 0 Å². The van der Waals surface area contributed by atoms with E-state index in [-0.39, 0.29) is 16.7 Å². The van der Waals surface area contributed by atoms with Gasteiger partial charge in [-0.15, -0.1) is 11.3 Å². The van der Waals surface area contributed by atoms with Crippen LogP contribution in [0.2, 0.25) is 0 Å². The van der Waals surface area contributed by atoms with Gasteiger partial charge >= 0.3 is 0 Å². The van der Waals surface area contributed by atoms with Gasteiger partial charge in [-0.3, -0.25) is 14.2 Å². The zero-order valence-electron chi connectivity index (χ0n) is 17.7. The number of nitrogens with zero attached hydrogens (tertiary/aromatic N) is 3. The molecule has 4 aromatic rings. The molecule has 0 bridgehead atoms. The lowest BCUT2D eigenvalue weighted by Crippen LogP contribution is -2.40. The minimum absolute atomic E-state index is 0.0810. The maximum Gasteiger partial charge on any atom is 0.262 e. The van der Waals surface area contributed by atoms with Crippen LogP contribution in [-0.4, -0.2) is 32.2 Å². The molecular weight excluding hydrogens is 438 g/mol. The van der Waals surface area contributed by atoms with Crippen molar-refractivity contribution in [3.8, 4) is 0 Å². The van der Waals surface area contributed by atoms with E-state index < -0.39 is 0 Å². The molecule has 162 valence electrons. The lowest BCUT2D eigenvalue weighted by atomic mass is 10.1. The molecular formula is C25H23N3O2S2. The highest BCUT2D eigenvalue weighted by atomic mass is 32.2. The zero-order valence-corrected chi connectivity index (χ0v) is 19.4. The maximum atomic E-state index is 13.3. The van der Waals surface area contributed by atoms with Crippen LogP contribution in [0.25, 0.3) is 10.9 Å². The zero-order chi connectivity index (χ0) is 22.1. The third-order valence-electron chi connectivity index (χ3n) is 5.76. The molecule has 5 nitrogen and oxygen atoms in total. The maximum absolute atomic E-state index is 13.3. The van der Waals surface area contributed by atoms with Crippen molar-refractivity contribution in [1.82, 2.24) is 14.5 Å². The predicted molar refractivity (Wildman–Crippen MR) is 130 cm³/mol. The molecule has 1 unspecified atom stereocenters. The largest absolute Gasteiger partial charge is 0.337 e. The molecule has 0 saturated heterocycles. The van der Waals surface area contributed by atoms with Gasteiger partial charge in [-0.05, 0) is 48.1 Å². The van der Waals surface area contributed by atoms with Gasteiger partial charge in [0.1, 0.15) is 0 Å². The number of thioether (sulfide) groups is 1. The Labute approximate surface area is 194 Å². The van der Waals surface area contributed by atoms with Crippen molar-refractivity contribution in [3.05, 3.63) is 92.4 Å². The number of aromatic nitrogens is 2. The van der Waals surface area contributed by atoms with Crippen LogP contribution in [-0.2, 0) is 24.3 Å². The van der Waals surface area contributed by atoms with Gasteiger partial charge in [-0.1, -0.05) is 54.2 Å². The molecule has 1 aliphatic rings. The van der Waals surface area contributed by atoms with Crippen molar-refractivity contribution >= 4 is 39.9 Å². The van der Waals surface area contributed by atoms with Crippen LogP contribution in [0.1, 0.15) is 22.9 Å². The number of benzene rings is 2. The van der Waals surface area contributed by atoms with E-state index in [4.69, 9.17) is 4.98 Å². The summed E-state index contributed by atoms with van der Waals surface area (Å²) in [4.78, 5) is 34.7. The summed E-state index contributed by atoms with van der Waals surface area (Å²) in [6, 6.07) is 19.4. The van der Waals surface area contributed by atoms with Gasteiger partial charge in [0.05, 0.1) is 22.7 Å². The van der Waals surface area contributed by atoms with E-state index in [0.29, 0.717) is 29.1 Å². The fraction of sp³-hybridized carbons (Fsp3) is 0.240. The lowest BCUT2D eigenvalue weighted by Gasteiger charge is -2.29. The highest BCUT2D eigenvalue weighted by Gasteiger charge is 2.27. The fourth-order valence-electron chi connectivity index (χ4n) is 4.05. The molecule has 0 radical (unpaired) electrons. The second-order valence-electron chi connectivity index (χ2n) is 7.93. The minimum Gasteiger partial charge on any atom is -0.337 e. The van der Waals surface area contributed by atoms with Crippen molar-refractivity contribution in [1.29, 1.82) is 0 Å². The van der Waals surface area contributed by atoms with Crippen LogP contribution >= 0.6 is 23.1 Å². The van der Waals surface area contributed by atoms with Crippen molar-refractivity contribution < 1.29 is 4.79 Å². The topological polar surface area (TPSA) is 55.2 Å². The lowest BCUT2D eigenvalue weighted by molar-refractivity contribution is -0.131. The average Bonchev–Trinajstić information content (AvgIpc) is 3.30. The van der Waals surface area contributed by atoms with Gasteiger partial charge in [-0.25, -0.2) is 4.98 Å². The highest BCUT2D eigenvalue weighted by molar-refractivity contribution is 8.00. The normalized spacial score (nSPS) is 14.3. The summed E-state index contributed by atoms with van der Waals surface area (Å²) < 4.78 is 1.69. The molecule has 2 aromatic carbocycles. The summed E-state index contributed by atoms with van der Waals surface area (Å²) in [7, 11) is 0. The highest BCUT2D eigenvalue weighted by Crippen LogP contribution is 2.28. The average molecular weight is 462 g/mol. The molecule has 5 rings (SSSR count). The number of thiophene rings is 1. The van der Waals surface area contributed by atoms with Crippen LogP contribution in [0.15, 0.2) is 76.0 Å². The van der Waals surface area contributed by atoms with E-state index in [1.165, 1.54) is 22.2 Å². The van der Waals surface area contributed by atoms with E-state index in [1.54, 1.807) is 22.0 Å². The number of fused-ring (bicyclic) bond motifs is 2. The molecule has 0 saturated carbocycles. The summed E-state index contributed by atoms with van der Waals surface area (Å²) in [5.74, 6) is 0.0838. The standard InChI is InChI=1S/C25H23N3O2S2/c1-17(23(29)27-13-11-22-19(16-27)12-14-31-22)32-25-26-21-10-6-5-9-20(21)24(30)28(25)15-18-7-3-2-4-8-18/h2-10,12,14,17H,11,13,15-16H2,1H3. The second kappa shape index (κ2) is 8.92. The third-order valence-corrected chi connectivity index (χ3v) is 7.86. The number of carbonyl (C=O) groups is 1. The summed E-state index contributed by atoms with van der Waals surface area (Å²) in [5.41, 5.74) is 2.84. The number of carbonyl (C=O) groups excluding carboxylic acids is 1. The SMILES string of the molecule is CC(Sc1nc2ccccc2c(=O)n1Cc1ccccc1)C(=O)N1CCc2sccc2C1. The summed E-state index contributed by atoms with van der Waals surface area (Å²) in [6.45, 7) is 3.72. The molecule has 1 aliphatic heterocycles. The number of hydrogen-bond donors (Lipinski definition) is 0. The van der Waals surface area contributed by atoms with Crippen LogP contribution in [0.5, 0.6) is 0 Å². The first-order valence-electron chi connectivity index (χ1n) is 10.6. The van der Waals surface area contributed by atoms with Gasteiger partial charge in [0.2, 0.25) is 5.91 Å². The number of para-hydroxylation sites is 1. The van der Waals surface area contributed by atoms with Crippen LogP contribution in [0.4, 0.5) is 0 Å². The Morgan fingerprint density at radius 2 is 1.91 bits per heavy atom. The van der Waals surface area contributed by atoms with E-state index in [0.717, 1.165) is 18.5 Å². The first kappa shape index (κ1) is 21.0. The van der Waals surface area contributed by atoms with Gasteiger partial charge in [0.25, 0.3) is 5.56 Å². The Hall–Kier alpha value is -2.90. The summed E-state index contributed by atoms with van der Waals surface area (Å²) in [5, 5.41) is 2.92. The Balaban J connectivity index is 1.45. The fourth-order valence-corrected chi connectivity index (χ4v) is 5.93. The van der Waals surface area contributed by atoms with Crippen LogP contribution in [0, 0.1) is 0 Å². The van der Waals surface area contributed by atoms with E-state index in [9.17, 15) is 9.59 Å². The molecule has 0 spiro atoms. The Kier molecular flexibility index (Phi) is 5.85. The molecule has 1 amide bonds. The van der Waals surface area contributed by atoms with Gasteiger partial charge in [0.15, 0.2) is 5.16 Å². The summed E-state index contributed by atoms with van der Waals surface area (Å²) >= 11 is 3.13. The van der Waals surface area contributed by atoms with E-state index >= 15 is 0 Å². The molecule has 32 heavy (non-hydrogen) atoms. The van der Waals surface area contributed by atoms with Crippen molar-refractivity contribution in [3.63, 3.8) is 0 Å². The van der Waals surface area contributed by atoms with Crippen LogP contribution < -0.4 is 5.56 Å². The molecule has 0 fully saturated rings. The Morgan fingerprint density at radius 1 is 1.12 bits per heavy atom.